The molecule has 7 heteroatoms. The van der Waals surface area contributed by atoms with Crippen LogP contribution < -0.4 is 4.72 Å². The van der Waals surface area contributed by atoms with Crippen molar-refractivity contribution in [1.29, 1.82) is 0 Å². The van der Waals surface area contributed by atoms with Gasteiger partial charge in [0.15, 0.2) is 5.75 Å². The van der Waals surface area contributed by atoms with Crippen LogP contribution in [0.5, 0.6) is 5.75 Å². The van der Waals surface area contributed by atoms with Crippen LogP contribution in [0.1, 0.15) is 76.0 Å². The van der Waals surface area contributed by atoms with Crippen LogP contribution in [-0.2, 0) is 10.0 Å². The second-order valence-electron chi connectivity index (χ2n) is 7.89. The van der Waals surface area contributed by atoms with E-state index in [0.717, 1.165) is 16.7 Å². The van der Waals surface area contributed by atoms with E-state index in [-0.39, 0.29) is 39.2 Å². The second kappa shape index (κ2) is 8.52. The predicted octanol–water partition coefficient (Wildman–Crippen LogP) is 6.87. The molecule has 0 aliphatic carbocycles. The number of halogens is 2. The van der Waals surface area contributed by atoms with Crippen molar-refractivity contribution in [2.75, 3.05) is 4.72 Å². The zero-order chi connectivity index (χ0) is 21.4. The molecule has 0 unspecified atom stereocenters. The monoisotopic (exact) mass is 443 g/mol. The van der Waals surface area contributed by atoms with Crippen LogP contribution in [-0.4, -0.2) is 13.5 Å². The maximum atomic E-state index is 13.4. The molecule has 2 aromatic rings. The summed E-state index contributed by atoms with van der Waals surface area (Å²) in [5, 5.41) is 9.68. The topological polar surface area (TPSA) is 66.4 Å². The molecule has 0 radical (unpaired) electrons. The van der Waals surface area contributed by atoms with Crippen molar-refractivity contribution in [3.63, 3.8) is 0 Å². The van der Waals surface area contributed by atoms with Gasteiger partial charge in [-0.25, -0.2) is 8.42 Å². The summed E-state index contributed by atoms with van der Waals surface area (Å²) in [5.41, 5.74) is 2.86. The third-order valence-electron chi connectivity index (χ3n) is 4.62. The molecule has 0 aliphatic heterocycles. The fourth-order valence-corrected chi connectivity index (χ4v) is 5.26. The SMILES string of the molecule is CC(C)c1cc(C(C)C)c(S(=O)(=O)Nc2cc(Cl)c(O)c(Cl)c2)c(C(C)C)c1. The number of phenols is 1. The fourth-order valence-electron chi connectivity index (χ4n) is 3.03. The van der Waals surface area contributed by atoms with E-state index in [1.54, 1.807) is 0 Å². The Kier molecular flexibility index (Phi) is 6.95. The molecule has 0 saturated heterocycles. The molecule has 4 nitrogen and oxygen atoms in total. The van der Waals surface area contributed by atoms with Gasteiger partial charge in [-0.1, -0.05) is 76.9 Å². The zero-order valence-electron chi connectivity index (χ0n) is 17.0. The van der Waals surface area contributed by atoms with E-state index < -0.39 is 10.0 Å². The van der Waals surface area contributed by atoms with E-state index >= 15 is 0 Å². The van der Waals surface area contributed by atoms with Crippen molar-refractivity contribution in [3.05, 3.63) is 51.0 Å². The Hall–Kier alpha value is -1.43. The van der Waals surface area contributed by atoms with Gasteiger partial charge in [0, 0.05) is 0 Å². The lowest BCUT2D eigenvalue weighted by molar-refractivity contribution is 0.476. The highest BCUT2D eigenvalue weighted by molar-refractivity contribution is 7.92. The Bertz CT molecular complexity index is 931. The summed E-state index contributed by atoms with van der Waals surface area (Å²) in [5.74, 6) is 0.0530. The Morgan fingerprint density at radius 3 is 1.61 bits per heavy atom. The Labute approximate surface area is 177 Å². The Morgan fingerprint density at radius 2 is 1.25 bits per heavy atom. The number of hydrogen-bond donors (Lipinski definition) is 2. The molecule has 2 aromatic carbocycles. The highest BCUT2D eigenvalue weighted by atomic mass is 35.5. The third-order valence-corrected chi connectivity index (χ3v) is 6.71. The highest BCUT2D eigenvalue weighted by Crippen LogP contribution is 2.38. The molecular weight excluding hydrogens is 417 g/mol. The number of phenolic OH excluding ortho intramolecular Hbond substituents is 1. The minimum atomic E-state index is -3.90. The molecule has 0 heterocycles. The molecule has 28 heavy (non-hydrogen) atoms. The summed E-state index contributed by atoms with van der Waals surface area (Å²) in [6, 6.07) is 6.64. The molecule has 2 N–H and O–H groups in total. The first-order valence-electron chi connectivity index (χ1n) is 9.23. The lowest BCUT2D eigenvalue weighted by Gasteiger charge is -2.23. The maximum Gasteiger partial charge on any atom is 0.262 e. The van der Waals surface area contributed by atoms with Gasteiger partial charge < -0.3 is 5.11 Å². The van der Waals surface area contributed by atoms with Gasteiger partial charge in [-0.15, -0.1) is 0 Å². The van der Waals surface area contributed by atoms with Crippen LogP contribution in [0.25, 0.3) is 0 Å². The molecule has 0 amide bonds. The predicted molar refractivity (Wildman–Crippen MR) is 118 cm³/mol. The lowest BCUT2D eigenvalue weighted by Crippen LogP contribution is -2.19. The molecule has 0 spiro atoms. The van der Waals surface area contributed by atoms with Crippen LogP contribution in [0, 0.1) is 0 Å². The molecule has 154 valence electrons. The van der Waals surface area contributed by atoms with E-state index in [2.05, 4.69) is 18.6 Å². The summed E-state index contributed by atoms with van der Waals surface area (Å²) in [6.07, 6.45) is 0. The van der Waals surface area contributed by atoms with Gasteiger partial charge in [0.2, 0.25) is 0 Å². The lowest BCUT2D eigenvalue weighted by atomic mass is 9.89. The minimum absolute atomic E-state index is 0.0199. The maximum absolute atomic E-state index is 13.4. The summed E-state index contributed by atoms with van der Waals surface area (Å²) in [4.78, 5) is 0.294. The van der Waals surface area contributed by atoms with Gasteiger partial charge in [0.1, 0.15) is 0 Å². The van der Waals surface area contributed by atoms with Gasteiger partial charge in [-0.05, 0) is 46.6 Å². The van der Waals surface area contributed by atoms with E-state index in [4.69, 9.17) is 23.2 Å². The standard InChI is InChI=1S/C21H27Cl2NO3S/c1-11(2)14-7-16(12(3)4)21(17(8-14)13(5)6)28(26,27)24-15-9-18(22)20(25)19(23)10-15/h7-13,24-25H,1-6H3. The van der Waals surface area contributed by atoms with E-state index in [9.17, 15) is 13.5 Å². The number of rotatable bonds is 6. The van der Waals surface area contributed by atoms with Gasteiger partial charge >= 0.3 is 0 Å². The first-order valence-corrected chi connectivity index (χ1v) is 11.5. The molecule has 0 atom stereocenters. The van der Waals surface area contributed by atoms with Crippen LogP contribution in [0.4, 0.5) is 5.69 Å². The number of nitrogens with one attached hydrogen (secondary N) is 1. The minimum Gasteiger partial charge on any atom is -0.505 e. The van der Waals surface area contributed by atoms with E-state index in [0.29, 0.717) is 4.90 Å². The fraction of sp³-hybridized carbons (Fsp3) is 0.429. The van der Waals surface area contributed by atoms with Gasteiger partial charge in [0.25, 0.3) is 10.0 Å². The highest BCUT2D eigenvalue weighted by Gasteiger charge is 2.27. The van der Waals surface area contributed by atoms with Crippen molar-refractivity contribution in [1.82, 2.24) is 0 Å². The van der Waals surface area contributed by atoms with Crippen LogP contribution in [0.3, 0.4) is 0 Å². The third kappa shape index (κ3) is 4.76. The summed E-state index contributed by atoms with van der Waals surface area (Å²) in [7, 11) is -3.90. The quantitative estimate of drug-likeness (QED) is 0.478. The van der Waals surface area contributed by atoms with Crippen LogP contribution >= 0.6 is 23.2 Å². The molecule has 2 rings (SSSR count). The molecule has 0 saturated carbocycles. The normalized spacial score (nSPS) is 12.2. The number of benzene rings is 2. The smallest absolute Gasteiger partial charge is 0.262 e. The largest absolute Gasteiger partial charge is 0.505 e. The van der Waals surface area contributed by atoms with Crippen molar-refractivity contribution in [3.8, 4) is 5.75 Å². The molecule has 0 bridgehead atoms. The number of aromatic hydroxyl groups is 1. The Balaban J connectivity index is 2.70. The number of hydrogen-bond acceptors (Lipinski definition) is 3. The first-order chi connectivity index (χ1) is 12.8. The van der Waals surface area contributed by atoms with Crippen LogP contribution in [0.15, 0.2) is 29.2 Å². The van der Waals surface area contributed by atoms with Crippen molar-refractivity contribution < 1.29 is 13.5 Å². The van der Waals surface area contributed by atoms with E-state index in [1.165, 1.54) is 12.1 Å². The second-order valence-corrected chi connectivity index (χ2v) is 10.3. The number of anilines is 1. The average molecular weight is 444 g/mol. The first kappa shape index (κ1) is 22.9. The zero-order valence-corrected chi connectivity index (χ0v) is 19.3. The number of sulfonamides is 1. The molecule has 0 fully saturated rings. The molecule has 0 aromatic heterocycles. The Morgan fingerprint density at radius 1 is 0.821 bits per heavy atom. The van der Waals surface area contributed by atoms with Crippen LogP contribution in [0.2, 0.25) is 10.0 Å². The van der Waals surface area contributed by atoms with Crippen molar-refractivity contribution in [2.24, 2.45) is 0 Å². The van der Waals surface area contributed by atoms with Gasteiger partial charge in [0.05, 0.1) is 20.6 Å². The summed E-state index contributed by atoms with van der Waals surface area (Å²) >= 11 is 11.9. The molecule has 0 aliphatic rings. The summed E-state index contributed by atoms with van der Waals surface area (Å²) < 4.78 is 29.3. The van der Waals surface area contributed by atoms with Gasteiger partial charge in [-0.3, -0.25) is 4.72 Å². The van der Waals surface area contributed by atoms with Crippen molar-refractivity contribution >= 4 is 38.9 Å². The summed E-state index contributed by atoms with van der Waals surface area (Å²) in [6.45, 7) is 12.1. The van der Waals surface area contributed by atoms with E-state index in [1.807, 2.05) is 39.8 Å². The molecular formula is C21H27Cl2NO3S. The average Bonchev–Trinajstić information content (AvgIpc) is 2.57. The van der Waals surface area contributed by atoms with Crippen molar-refractivity contribution in [2.45, 2.75) is 64.2 Å². The van der Waals surface area contributed by atoms with Gasteiger partial charge in [-0.2, -0.15) is 0 Å².